The zero-order valence-electron chi connectivity index (χ0n) is 15.4. The molecule has 1 aliphatic carbocycles. The molecular formula is C21H33ClO2. The van der Waals surface area contributed by atoms with Gasteiger partial charge in [0.1, 0.15) is 4.87 Å². The quantitative estimate of drug-likeness (QED) is 0.173. The summed E-state index contributed by atoms with van der Waals surface area (Å²) in [4.78, 5) is 10.6. The number of unbranched alkanes of at least 4 members (excludes halogenated alkanes) is 7. The van der Waals surface area contributed by atoms with Crippen LogP contribution in [0, 0.1) is 0 Å². The second kappa shape index (κ2) is 12.4. The molecule has 24 heavy (non-hydrogen) atoms. The summed E-state index contributed by atoms with van der Waals surface area (Å²) in [6, 6.07) is 0. The molecule has 1 unspecified atom stereocenters. The van der Waals surface area contributed by atoms with Crippen molar-refractivity contribution in [2.75, 3.05) is 7.11 Å². The average molecular weight is 353 g/mol. The number of carbonyl (C=O) groups is 1. The Labute approximate surface area is 153 Å². The maximum Gasteiger partial charge on any atom is 0.305 e. The normalized spacial score (nSPS) is 21.9. The summed E-state index contributed by atoms with van der Waals surface area (Å²) >= 11 is 6.77. The summed E-state index contributed by atoms with van der Waals surface area (Å²) < 4.78 is 4.65. The number of allylic oxidation sites excluding steroid dienone is 6. The summed E-state index contributed by atoms with van der Waals surface area (Å²) in [5, 5.41) is 0. The lowest BCUT2D eigenvalue weighted by Gasteiger charge is -2.18. The van der Waals surface area contributed by atoms with Crippen LogP contribution in [-0.2, 0) is 9.53 Å². The van der Waals surface area contributed by atoms with E-state index in [0.717, 1.165) is 38.5 Å². The van der Waals surface area contributed by atoms with Crippen molar-refractivity contribution in [3.05, 3.63) is 36.0 Å². The van der Waals surface area contributed by atoms with E-state index in [-0.39, 0.29) is 5.97 Å². The van der Waals surface area contributed by atoms with Gasteiger partial charge in [0.15, 0.2) is 0 Å². The largest absolute Gasteiger partial charge is 0.469 e. The maximum atomic E-state index is 11.1. The summed E-state index contributed by atoms with van der Waals surface area (Å²) in [7, 11) is 1.44. The highest BCUT2D eigenvalue weighted by atomic mass is 35.5. The lowest BCUT2D eigenvalue weighted by molar-refractivity contribution is -0.140. The van der Waals surface area contributed by atoms with Gasteiger partial charge in [-0.1, -0.05) is 63.0 Å². The van der Waals surface area contributed by atoms with Crippen LogP contribution in [0.25, 0.3) is 0 Å². The fourth-order valence-corrected chi connectivity index (χ4v) is 3.27. The number of carbonyl (C=O) groups excluding carboxylic acids is 1. The predicted octanol–water partition coefficient (Wildman–Crippen LogP) is 6.50. The first kappa shape index (κ1) is 21.0. The molecule has 0 heterocycles. The molecule has 0 aromatic heterocycles. The number of hydrogen-bond acceptors (Lipinski definition) is 2. The van der Waals surface area contributed by atoms with Crippen LogP contribution in [0.1, 0.15) is 77.6 Å². The highest BCUT2D eigenvalue weighted by Crippen LogP contribution is 2.37. The monoisotopic (exact) mass is 352 g/mol. The second-order valence-corrected chi connectivity index (χ2v) is 7.16. The van der Waals surface area contributed by atoms with Gasteiger partial charge in [0, 0.05) is 6.42 Å². The van der Waals surface area contributed by atoms with E-state index in [9.17, 15) is 4.79 Å². The molecule has 1 rings (SSSR count). The van der Waals surface area contributed by atoms with Crippen molar-refractivity contribution in [2.45, 2.75) is 82.4 Å². The zero-order chi connectivity index (χ0) is 17.7. The Morgan fingerprint density at radius 1 is 1.21 bits per heavy atom. The molecule has 2 nitrogen and oxygen atoms in total. The fraction of sp³-hybridized carbons (Fsp3) is 0.667. The summed E-state index contributed by atoms with van der Waals surface area (Å²) in [5.41, 5.74) is 1.29. The van der Waals surface area contributed by atoms with Crippen LogP contribution in [0.3, 0.4) is 0 Å². The van der Waals surface area contributed by atoms with Crippen LogP contribution in [0.15, 0.2) is 36.0 Å². The van der Waals surface area contributed by atoms with E-state index in [2.05, 4.69) is 42.0 Å². The van der Waals surface area contributed by atoms with Crippen LogP contribution in [0.5, 0.6) is 0 Å². The van der Waals surface area contributed by atoms with Crippen molar-refractivity contribution in [1.29, 1.82) is 0 Å². The van der Waals surface area contributed by atoms with Gasteiger partial charge in [-0.2, -0.15) is 0 Å². The van der Waals surface area contributed by atoms with Gasteiger partial charge >= 0.3 is 5.97 Å². The molecule has 1 atom stereocenters. The molecule has 3 heteroatoms. The van der Waals surface area contributed by atoms with E-state index < -0.39 is 4.87 Å². The smallest absolute Gasteiger partial charge is 0.305 e. The third kappa shape index (κ3) is 8.19. The molecule has 0 radical (unpaired) electrons. The van der Waals surface area contributed by atoms with Crippen molar-refractivity contribution < 1.29 is 9.53 Å². The summed E-state index contributed by atoms with van der Waals surface area (Å²) in [6.45, 7) is 2.24. The minimum Gasteiger partial charge on any atom is -0.469 e. The van der Waals surface area contributed by atoms with Gasteiger partial charge in [0.25, 0.3) is 0 Å². The molecular weight excluding hydrogens is 320 g/mol. The highest BCUT2D eigenvalue weighted by Gasteiger charge is 2.28. The van der Waals surface area contributed by atoms with Crippen LogP contribution in [-0.4, -0.2) is 18.0 Å². The number of hydrogen-bond donors (Lipinski definition) is 0. The van der Waals surface area contributed by atoms with E-state index in [1.807, 2.05) is 0 Å². The van der Waals surface area contributed by atoms with Crippen LogP contribution in [0.2, 0.25) is 0 Å². The molecule has 0 aliphatic heterocycles. The van der Waals surface area contributed by atoms with Gasteiger partial charge in [0.2, 0.25) is 0 Å². The Morgan fingerprint density at radius 2 is 1.96 bits per heavy atom. The van der Waals surface area contributed by atoms with Crippen LogP contribution >= 0.6 is 11.6 Å². The van der Waals surface area contributed by atoms with Gasteiger partial charge < -0.3 is 4.74 Å². The van der Waals surface area contributed by atoms with E-state index in [0.29, 0.717) is 6.42 Å². The first-order chi connectivity index (χ1) is 11.6. The Hall–Kier alpha value is -1.02. The standard InChI is InChI=1S/C21H33ClO2/c1-3-4-5-6-9-12-17-21(22)18-13-15-19(21)14-10-7-8-11-16-20(23)24-2/h12-14,17-18H,3-11,15-16H2,1-2H3. The maximum absolute atomic E-state index is 11.1. The molecule has 0 N–H and O–H groups in total. The molecule has 1 aliphatic rings. The fourth-order valence-electron chi connectivity index (χ4n) is 2.94. The molecule has 0 spiro atoms. The van der Waals surface area contributed by atoms with E-state index in [1.54, 1.807) is 0 Å². The van der Waals surface area contributed by atoms with Gasteiger partial charge in [-0.3, -0.25) is 4.79 Å². The number of methoxy groups -OCH3 is 1. The van der Waals surface area contributed by atoms with Crippen molar-refractivity contribution in [2.24, 2.45) is 0 Å². The number of alkyl halides is 1. The van der Waals surface area contributed by atoms with Gasteiger partial charge in [-0.05, 0) is 44.1 Å². The molecule has 0 saturated carbocycles. The number of ether oxygens (including phenoxy) is 1. The molecule has 0 fully saturated rings. The Kier molecular flexibility index (Phi) is 10.8. The van der Waals surface area contributed by atoms with Crippen LogP contribution in [0.4, 0.5) is 0 Å². The lowest BCUT2D eigenvalue weighted by Crippen LogP contribution is -2.14. The first-order valence-electron chi connectivity index (χ1n) is 9.43. The van der Waals surface area contributed by atoms with Gasteiger partial charge in [-0.15, -0.1) is 11.6 Å². The third-order valence-electron chi connectivity index (χ3n) is 4.48. The minimum atomic E-state index is -0.406. The molecule has 0 aromatic rings. The first-order valence-corrected chi connectivity index (χ1v) is 9.81. The molecule has 0 aromatic carbocycles. The minimum absolute atomic E-state index is 0.114. The van der Waals surface area contributed by atoms with Crippen molar-refractivity contribution >= 4 is 17.6 Å². The number of rotatable bonds is 12. The van der Waals surface area contributed by atoms with Crippen LogP contribution < -0.4 is 0 Å². The Balaban J connectivity index is 2.30. The van der Waals surface area contributed by atoms with Gasteiger partial charge in [0.05, 0.1) is 7.11 Å². The van der Waals surface area contributed by atoms with E-state index in [4.69, 9.17) is 11.6 Å². The average Bonchev–Trinajstić information content (AvgIpc) is 2.94. The highest BCUT2D eigenvalue weighted by molar-refractivity contribution is 6.29. The van der Waals surface area contributed by atoms with Crippen molar-refractivity contribution in [1.82, 2.24) is 0 Å². The Bertz CT molecular complexity index is 451. The van der Waals surface area contributed by atoms with E-state index >= 15 is 0 Å². The molecule has 136 valence electrons. The predicted molar refractivity (Wildman–Crippen MR) is 103 cm³/mol. The van der Waals surface area contributed by atoms with Gasteiger partial charge in [-0.25, -0.2) is 0 Å². The number of halogens is 1. The number of esters is 1. The van der Waals surface area contributed by atoms with E-state index in [1.165, 1.54) is 38.4 Å². The van der Waals surface area contributed by atoms with Crippen molar-refractivity contribution in [3.8, 4) is 0 Å². The zero-order valence-corrected chi connectivity index (χ0v) is 16.1. The topological polar surface area (TPSA) is 26.3 Å². The van der Waals surface area contributed by atoms with Crippen molar-refractivity contribution in [3.63, 3.8) is 0 Å². The third-order valence-corrected chi connectivity index (χ3v) is 4.97. The molecule has 0 amide bonds. The molecule has 0 bridgehead atoms. The lowest BCUT2D eigenvalue weighted by atomic mass is 9.98. The SMILES string of the molecule is CCCCCCC=CC1(Cl)C=CCC1=CCCCCCC(=O)OC. The summed E-state index contributed by atoms with van der Waals surface area (Å²) in [6.07, 6.45) is 22.8. The Morgan fingerprint density at radius 3 is 2.71 bits per heavy atom. The molecule has 0 saturated heterocycles. The second-order valence-electron chi connectivity index (χ2n) is 6.53. The summed E-state index contributed by atoms with van der Waals surface area (Å²) in [5.74, 6) is -0.114.